The van der Waals surface area contributed by atoms with Gasteiger partial charge < -0.3 is 0 Å². The second kappa shape index (κ2) is 15.0. The van der Waals surface area contributed by atoms with Gasteiger partial charge in [-0.15, -0.1) is 0 Å². The minimum atomic E-state index is 1.17. The number of hydrogen-bond acceptors (Lipinski definition) is 0. The van der Waals surface area contributed by atoms with E-state index in [1.165, 1.54) is 53.8 Å². The summed E-state index contributed by atoms with van der Waals surface area (Å²) in [6.07, 6.45) is 26.5. The zero-order valence-corrected chi connectivity index (χ0v) is 22.6. The van der Waals surface area contributed by atoms with Gasteiger partial charge in [-0.2, -0.15) is 0 Å². The molecule has 0 saturated heterocycles. The Morgan fingerprint density at radius 3 is 0.548 bits per heavy atom. The predicted molar refractivity (Wildman–Crippen MR) is 140 cm³/mol. The molecule has 8 aliphatic carbocycles. The van der Waals surface area contributed by atoms with Crippen LogP contribution in [0.4, 0.5) is 0 Å². The molecule has 8 rings (SSSR count). The Labute approximate surface area is 198 Å². The fraction of sp³-hybridized carbons (Fsp3) is 1.00. The monoisotopic (exact) mass is 432 g/mol. The Balaban J connectivity index is 0.000000147. The van der Waals surface area contributed by atoms with E-state index in [-0.39, 0.29) is 0 Å². The van der Waals surface area contributed by atoms with Crippen LogP contribution in [0.1, 0.15) is 151 Å². The number of fused-ring (bicyclic) bond motifs is 4. The maximum atomic E-state index is 2.12. The number of rotatable bonds is 0. The lowest BCUT2D eigenvalue weighted by Gasteiger charge is -2.49. The lowest BCUT2D eigenvalue weighted by molar-refractivity contribution is 0.0198. The van der Waals surface area contributed by atoms with Gasteiger partial charge in [-0.3, -0.25) is 0 Å². The predicted octanol–water partition coefficient (Wildman–Crippen LogP) is 10.7. The molecule has 8 fully saturated rings. The van der Waals surface area contributed by atoms with Gasteiger partial charge in [0.05, 0.1) is 0 Å². The van der Waals surface area contributed by atoms with Gasteiger partial charge >= 0.3 is 0 Å². The van der Waals surface area contributed by atoms with Gasteiger partial charge in [0.2, 0.25) is 0 Å². The van der Waals surface area contributed by atoms with E-state index in [1.54, 1.807) is 103 Å². The van der Waals surface area contributed by atoms with E-state index in [0.717, 1.165) is 0 Å². The summed E-state index contributed by atoms with van der Waals surface area (Å²) in [4.78, 5) is 0. The maximum Gasteiger partial charge on any atom is -0.0406 e. The molecule has 0 aromatic heterocycles. The highest BCUT2D eigenvalue weighted by Gasteiger charge is 2.41. The fourth-order valence-electron chi connectivity index (χ4n) is 8.33. The van der Waals surface area contributed by atoms with Gasteiger partial charge in [0.25, 0.3) is 0 Å². The maximum absolute atomic E-state index is 2.12. The molecule has 0 radical (unpaired) electrons. The van der Waals surface area contributed by atoms with Gasteiger partial charge in [0.15, 0.2) is 0 Å². The SMILES string of the molecule is C1C2CC3CC1CC(C2)C3.C1CC2CCC1C2.C1CC2CCC1C2.CC.CC.CCC. The zero-order valence-electron chi connectivity index (χ0n) is 22.6. The molecule has 0 heteroatoms. The summed E-state index contributed by atoms with van der Waals surface area (Å²) in [6.45, 7) is 12.2. The van der Waals surface area contributed by atoms with Crippen LogP contribution in [-0.4, -0.2) is 0 Å². The Bertz CT molecular complexity index is 323. The van der Waals surface area contributed by atoms with Crippen molar-refractivity contribution >= 4 is 0 Å². The molecule has 0 nitrogen and oxygen atoms in total. The molecule has 0 unspecified atom stereocenters. The van der Waals surface area contributed by atoms with Crippen molar-refractivity contribution in [2.24, 2.45) is 47.3 Å². The van der Waals surface area contributed by atoms with E-state index in [0.29, 0.717) is 0 Å². The van der Waals surface area contributed by atoms with E-state index >= 15 is 0 Å². The van der Waals surface area contributed by atoms with Gasteiger partial charge in [-0.1, -0.05) is 99.3 Å². The average Bonchev–Trinajstić information content (AvgIpc) is 3.61. The van der Waals surface area contributed by atoms with Gasteiger partial charge in [0.1, 0.15) is 0 Å². The number of hydrogen-bond donors (Lipinski definition) is 0. The minimum absolute atomic E-state index is 1.17. The molecule has 0 N–H and O–H groups in total. The van der Waals surface area contributed by atoms with Crippen molar-refractivity contribution < 1.29 is 0 Å². The standard InChI is InChI=1S/C10H16.2C7H12.C3H8.2C2H6/c1-7-2-9-4-8(1)5-10(3-7)6-9;2*1-2-7-4-3-6(1)5-7;1-3-2;2*1-2/h7-10H,1-6H2;2*6-7H,1-5H2;3H2,1-2H3;2*1-2H3. The first-order valence-corrected chi connectivity index (χ1v) is 15.2. The molecule has 184 valence electrons. The van der Waals surface area contributed by atoms with Crippen molar-refractivity contribution in [3.63, 3.8) is 0 Å². The van der Waals surface area contributed by atoms with Crippen molar-refractivity contribution in [1.82, 2.24) is 0 Å². The molecule has 8 bridgehead atoms. The molecular weight excluding hydrogens is 372 g/mol. The lowest BCUT2D eigenvalue weighted by atomic mass is 9.56. The van der Waals surface area contributed by atoms with Crippen LogP contribution in [0.2, 0.25) is 0 Å². The summed E-state index contributed by atoms with van der Waals surface area (Å²) in [5.74, 6) is 9.39. The smallest absolute Gasteiger partial charge is 0.0406 e. The van der Waals surface area contributed by atoms with Crippen LogP contribution in [0.25, 0.3) is 0 Å². The third-order valence-electron chi connectivity index (χ3n) is 9.27. The van der Waals surface area contributed by atoms with Crippen LogP contribution in [0.15, 0.2) is 0 Å². The molecule has 0 aromatic rings. The highest BCUT2D eigenvalue weighted by atomic mass is 14.5. The summed E-state index contributed by atoms with van der Waals surface area (Å²) in [5, 5.41) is 0. The molecular formula is C31H60. The first kappa shape index (κ1) is 27.2. The summed E-state index contributed by atoms with van der Waals surface area (Å²) >= 11 is 0. The van der Waals surface area contributed by atoms with Gasteiger partial charge in [0, 0.05) is 0 Å². The van der Waals surface area contributed by atoms with Crippen molar-refractivity contribution in [2.75, 3.05) is 0 Å². The molecule has 31 heavy (non-hydrogen) atoms. The molecule has 8 aliphatic rings. The van der Waals surface area contributed by atoms with Crippen molar-refractivity contribution in [3.8, 4) is 0 Å². The summed E-state index contributed by atoms with van der Waals surface area (Å²) < 4.78 is 0. The van der Waals surface area contributed by atoms with E-state index in [9.17, 15) is 0 Å². The van der Waals surface area contributed by atoms with Crippen LogP contribution in [0, 0.1) is 47.3 Å². The van der Waals surface area contributed by atoms with Crippen molar-refractivity contribution in [1.29, 1.82) is 0 Å². The van der Waals surface area contributed by atoms with E-state index in [2.05, 4.69) is 13.8 Å². The van der Waals surface area contributed by atoms with E-state index < -0.39 is 0 Å². The summed E-state index contributed by atoms with van der Waals surface area (Å²) in [6, 6.07) is 0. The third kappa shape index (κ3) is 8.70. The molecule has 0 aromatic carbocycles. The molecule has 0 aliphatic heterocycles. The average molecular weight is 433 g/mol. The molecule has 0 heterocycles. The molecule has 0 spiro atoms. The highest BCUT2D eigenvalue weighted by molar-refractivity contribution is 4.93. The summed E-state index contributed by atoms with van der Waals surface area (Å²) in [5.41, 5.74) is 0. The highest BCUT2D eigenvalue weighted by Crippen LogP contribution is 2.53. The lowest BCUT2D eigenvalue weighted by Crippen LogP contribution is -2.38. The molecule has 0 atom stereocenters. The van der Waals surface area contributed by atoms with Gasteiger partial charge in [-0.05, 0) is 98.7 Å². The molecule has 8 saturated carbocycles. The largest absolute Gasteiger partial charge is 0.0683 e. The van der Waals surface area contributed by atoms with Crippen LogP contribution in [0.5, 0.6) is 0 Å². The first-order valence-electron chi connectivity index (χ1n) is 15.2. The van der Waals surface area contributed by atoms with Crippen LogP contribution in [-0.2, 0) is 0 Å². The first-order chi connectivity index (χ1) is 15.2. The second-order valence-electron chi connectivity index (χ2n) is 11.8. The quantitative estimate of drug-likeness (QED) is 0.357. The van der Waals surface area contributed by atoms with Gasteiger partial charge in [-0.25, -0.2) is 0 Å². The van der Waals surface area contributed by atoms with Crippen molar-refractivity contribution in [2.45, 2.75) is 151 Å². The van der Waals surface area contributed by atoms with Crippen LogP contribution in [0.3, 0.4) is 0 Å². The second-order valence-corrected chi connectivity index (χ2v) is 11.8. The Kier molecular flexibility index (Phi) is 13.2. The Morgan fingerprint density at radius 2 is 0.452 bits per heavy atom. The summed E-state index contributed by atoms with van der Waals surface area (Å²) in [7, 11) is 0. The van der Waals surface area contributed by atoms with E-state index in [4.69, 9.17) is 0 Å². The molecule has 0 amide bonds. The fourth-order valence-corrected chi connectivity index (χ4v) is 8.33. The minimum Gasteiger partial charge on any atom is -0.0683 e. The Hall–Kier alpha value is 0. The third-order valence-corrected chi connectivity index (χ3v) is 9.27. The van der Waals surface area contributed by atoms with Crippen molar-refractivity contribution in [3.05, 3.63) is 0 Å². The Morgan fingerprint density at radius 1 is 0.323 bits per heavy atom. The zero-order chi connectivity index (χ0) is 22.6. The van der Waals surface area contributed by atoms with Crippen LogP contribution >= 0.6 is 0 Å². The van der Waals surface area contributed by atoms with E-state index in [1.807, 2.05) is 27.7 Å². The van der Waals surface area contributed by atoms with Crippen LogP contribution < -0.4 is 0 Å². The topological polar surface area (TPSA) is 0 Å². The normalized spacial score (nSPS) is 41.2.